The second-order valence-electron chi connectivity index (χ2n) is 5.43. The first-order valence-electron chi connectivity index (χ1n) is 7.43. The van der Waals surface area contributed by atoms with E-state index in [1.807, 2.05) is 22.6 Å². The highest BCUT2D eigenvalue weighted by Gasteiger charge is 2.30. The van der Waals surface area contributed by atoms with Crippen LogP contribution in [-0.4, -0.2) is 39.2 Å². The molecule has 8 heteroatoms. The lowest BCUT2D eigenvalue weighted by atomic mass is 10.2. The molecule has 0 unspecified atom stereocenters. The molecule has 1 saturated heterocycles. The van der Waals surface area contributed by atoms with Gasteiger partial charge in [0.15, 0.2) is 5.17 Å². The smallest absolute Gasteiger partial charge is 0.335 e. The monoisotopic (exact) mass is 480 g/mol. The standard InChI is InChI=1S/C18H13IN2O4S/c1-21-16(23)15(9-10-2-7-14(22)13(19)8-10)26-18(21)20-12-5-3-11(4-6-12)17(24)25/h2-9,22H,1H3,(H,24,25)/b15-9-,20-18?. The normalized spacial score (nSPS) is 17.3. The van der Waals surface area contributed by atoms with Gasteiger partial charge < -0.3 is 10.2 Å². The molecule has 1 heterocycles. The van der Waals surface area contributed by atoms with Crippen LogP contribution in [0.15, 0.2) is 52.4 Å². The number of benzene rings is 2. The van der Waals surface area contributed by atoms with Gasteiger partial charge in [-0.05, 0) is 82.4 Å². The molecule has 132 valence electrons. The van der Waals surface area contributed by atoms with E-state index in [-0.39, 0.29) is 17.2 Å². The zero-order chi connectivity index (χ0) is 18.8. The zero-order valence-electron chi connectivity index (χ0n) is 13.5. The Balaban J connectivity index is 1.87. The van der Waals surface area contributed by atoms with Crippen molar-refractivity contribution in [3.8, 4) is 5.75 Å². The number of aromatic hydroxyl groups is 1. The molecule has 2 aromatic carbocycles. The van der Waals surface area contributed by atoms with E-state index in [4.69, 9.17) is 5.11 Å². The second kappa shape index (κ2) is 7.50. The maximum atomic E-state index is 12.4. The Kier molecular flexibility index (Phi) is 5.33. The van der Waals surface area contributed by atoms with Gasteiger partial charge in [-0.2, -0.15) is 0 Å². The number of hydrogen-bond acceptors (Lipinski definition) is 5. The van der Waals surface area contributed by atoms with Crippen LogP contribution in [0.25, 0.3) is 6.08 Å². The second-order valence-corrected chi connectivity index (χ2v) is 7.60. The first-order chi connectivity index (χ1) is 12.3. The van der Waals surface area contributed by atoms with Gasteiger partial charge in [0.1, 0.15) is 5.75 Å². The number of carbonyl (C=O) groups excluding carboxylic acids is 1. The molecule has 0 aromatic heterocycles. The van der Waals surface area contributed by atoms with Crippen molar-refractivity contribution in [2.45, 2.75) is 0 Å². The third-order valence-corrected chi connectivity index (χ3v) is 5.54. The Morgan fingerprint density at radius 2 is 1.92 bits per heavy atom. The zero-order valence-corrected chi connectivity index (χ0v) is 16.5. The number of rotatable bonds is 3. The summed E-state index contributed by atoms with van der Waals surface area (Å²) in [7, 11) is 1.64. The van der Waals surface area contributed by atoms with Crippen molar-refractivity contribution in [2.24, 2.45) is 4.99 Å². The number of nitrogens with zero attached hydrogens (tertiary/aromatic N) is 2. The van der Waals surface area contributed by atoms with Crippen molar-refractivity contribution in [2.75, 3.05) is 7.05 Å². The lowest BCUT2D eigenvalue weighted by Crippen LogP contribution is -2.23. The fraction of sp³-hybridized carbons (Fsp3) is 0.0556. The molecule has 1 aliphatic rings. The fourth-order valence-corrected chi connectivity index (χ4v) is 3.73. The van der Waals surface area contributed by atoms with Crippen LogP contribution in [0.2, 0.25) is 0 Å². The van der Waals surface area contributed by atoms with E-state index in [9.17, 15) is 14.7 Å². The van der Waals surface area contributed by atoms with Gasteiger partial charge in [-0.25, -0.2) is 9.79 Å². The predicted octanol–water partition coefficient (Wildman–Crippen LogP) is 3.93. The average molecular weight is 480 g/mol. The van der Waals surface area contributed by atoms with Gasteiger partial charge in [-0.3, -0.25) is 9.69 Å². The summed E-state index contributed by atoms with van der Waals surface area (Å²) >= 11 is 3.27. The Morgan fingerprint density at radius 3 is 2.54 bits per heavy atom. The molecule has 0 atom stereocenters. The highest BCUT2D eigenvalue weighted by atomic mass is 127. The number of amides is 1. The molecule has 0 saturated carbocycles. The summed E-state index contributed by atoms with van der Waals surface area (Å²) < 4.78 is 0.702. The highest BCUT2D eigenvalue weighted by Crippen LogP contribution is 2.33. The number of halogens is 1. The number of hydrogen-bond donors (Lipinski definition) is 2. The van der Waals surface area contributed by atoms with Gasteiger partial charge >= 0.3 is 5.97 Å². The lowest BCUT2D eigenvalue weighted by molar-refractivity contribution is -0.121. The molecule has 6 nitrogen and oxygen atoms in total. The van der Waals surface area contributed by atoms with Crippen LogP contribution in [-0.2, 0) is 4.79 Å². The number of carbonyl (C=O) groups is 2. The Labute approximate surface area is 167 Å². The largest absolute Gasteiger partial charge is 0.507 e. The maximum absolute atomic E-state index is 12.4. The quantitative estimate of drug-likeness (QED) is 0.514. The topological polar surface area (TPSA) is 90.2 Å². The van der Waals surface area contributed by atoms with Gasteiger partial charge in [0, 0.05) is 7.05 Å². The molecule has 1 aliphatic heterocycles. The summed E-state index contributed by atoms with van der Waals surface area (Å²) in [5.74, 6) is -0.971. The molecule has 26 heavy (non-hydrogen) atoms. The molecular weight excluding hydrogens is 467 g/mol. The average Bonchev–Trinajstić information content (AvgIpc) is 2.87. The number of aromatic carboxylic acids is 1. The van der Waals surface area contributed by atoms with Gasteiger partial charge in [0.25, 0.3) is 5.91 Å². The molecule has 1 fully saturated rings. The summed E-state index contributed by atoms with van der Waals surface area (Å²) in [6, 6.07) is 11.2. The molecule has 0 bridgehead atoms. The minimum Gasteiger partial charge on any atom is -0.507 e. The lowest BCUT2D eigenvalue weighted by Gasteiger charge is -2.07. The van der Waals surface area contributed by atoms with Crippen LogP contribution >= 0.6 is 34.4 Å². The number of thioether (sulfide) groups is 1. The molecule has 0 radical (unpaired) electrons. The first kappa shape index (κ1) is 18.5. The number of amidine groups is 1. The molecule has 2 aromatic rings. The van der Waals surface area contributed by atoms with Crippen LogP contribution in [0, 0.1) is 3.57 Å². The summed E-state index contributed by atoms with van der Waals surface area (Å²) in [5, 5.41) is 19.0. The summed E-state index contributed by atoms with van der Waals surface area (Å²) in [6.07, 6.45) is 1.75. The van der Waals surface area contributed by atoms with Gasteiger partial charge in [-0.15, -0.1) is 0 Å². The molecule has 3 rings (SSSR count). The van der Waals surface area contributed by atoms with Crippen molar-refractivity contribution in [3.05, 3.63) is 62.1 Å². The number of phenolic OH excluding ortho intramolecular Hbond substituents is 1. The van der Waals surface area contributed by atoms with Crippen molar-refractivity contribution in [1.29, 1.82) is 0 Å². The Morgan fingerprint density at radius 1 is 1.23 bits per heavy atom. The van der Waals surface area contributed by atoms with E-state index in [0.29, 0.717) is 19.3 Å². The maximum Gasteiger partial charge on any atom is 0.335 e. The minimum atomic E-state index is -1.000. The predicted molar refractivity (Wildman–Crippen MR) is 110 cm³/mol. The van der Waals surface area contributed by atoms with E-state index >= 15 is 0 Å². The molecular formula is C18H13IN2O4S. The van der Waals surface area contributed by atoms with Gasteiger partial charge in [0.05, 0.1) is 19.7 Å². The van der Waals surface area contributed by atoms with Gasteiger partial charge in [0.2, 0.25) is 0 Å². The van der Waals surface area contributed by atoms with Crippen LogP contribution in [0.3, 0.4) is 0 Å². The minimum absolute atomic E-state index is 0.168. The van der Waals surface area contributed by atoms with E-state index in [2.05, 4.69) is 4.99 Å². The SMILES string of the molecule is CN1C(=O)/C(=C/c2ccc(O)c(I)c2)SC1=Nc1ccc(C(=O)O)cc1. The van der Waals surface area contributed by atoms with Gasteiger partial charge in [-0.1, -0.05) is 6.07 Å². The number of phenols is 1. The molecule has 0 aliphatic carbocycles. The van der Waals surface area contributed by atoms with Crippen LogP contribution in [0.1, 0.15) is 15.9 Å². The van der Waals surface area contributed by atoms with Crippen molar-refractivity contribution in [1.82, 2.24) is 4.90 Å². The summed E-state index contributed by atoms with van der Waals surface area (Å²) in [4.78, 5) is 29.7. The molecule has 0 spiro atoms. The number of likely N-dealkylation sites (N-methyl/N-ethyl adjacent to an activating group) is 1. The first-order valence-corrected chi connectivity index (χ1v) is 9.33. The Bertz CT molecular complexity index is 954. The Hall–Kier alpha value is -2.33. The molecule has 1 amide bonds. The third kappa shape index (κ3) is 3.91. The van der Waals surface area contributed by atoms with E-state index in [0.717, 1.165) is 5.56 Å². The number of carboxylic acids is 1. The number of aliphatic imine (C=N–C) groups is 1. The fourth-order valence-electron chi connectivity index (χ4n) is 2.20. The van der Waals surface area contributed by atoms with E-state index in [1.165, 1.54) is 28.8 Å². The van der Waals surface area contributed by atoms with Crippen molar-refractivity contribution < 1.29 is 19.8 Å². The highest BCUT2D eigenvalue weighted by molar-refractivity contribution is 14.1. The summed E-state index contributed by atoms with van der Waals surface area (Å²) in [6.45, 7) is 0. The van der Waals surface area contributed by atoms with Crippen molar-refractivity contribution in [3.63, 3.8) is 0 Å². The van der Waals surface area contributed by atoms with Crippen LogP contribution < -0.4 is 0 Å². The third-order valence-electron chi connectivity index (χ3n) is 3.61. The van der Waals surface area contributed by atoms with Crippen molar-refractivity contribution >= 4 is 63.2 Å². The van der Waals surface area contributed by atoms with E-state index in [1.54, 1.807) is 43.5 Å². The van der Waals surface area contributed by atoms with Crippen LogP contribution in [0.5, 0.6) is 5.75 Å². The number of carboxylic acid groups (broad SMARTS) is 1. The van der Waals surface area contributed by atoms with E-state index < -0.39 is 5.97 Å². The summed E-state index contributed by atoms with van der Waals surface area (Å²) in [5.41, 5.74) is 1.56. The van der Waals surface area contributed by atoms with Crippen LogP contribution in [0.4, 0.5) is 5.69 Å². The molecule has 2 N–H and O–H groups in total.